The van der Waals surface area contributed by atoms with Gasteiger partial charge in [0, 0.05) is 44.4 Å². The summed E-state index contributed by atoms with van der Waals surface area (Å²) in [5.74, 6) is -0.758. The van der Waals surface area contributed by atoms with E-state index in [1.54, 1.807) is 17.0 Å². The molecule has 0 unspecified atom stereocenters. The van der Waals surface area contributed by atoms with Crippen molar-refractivity contribution < 1.29 is 27.6 Å². The van der Waals surface area contributed by atoms with E-state index in [1.165, 1.54) is 19.1 Å². The predicted molar refractivity (Wildman–Crippen MR) is 137 cm³/mol. The number of likely N-dealkylation sites (tertiary alicyclic amines) is 1. The fraction of sp³-hybridized carbons (Fsp3) is 0.464. The van der Waals surface area contributed by atoms with Crippen molar-refractivity contribution in [3.05, 3.63) is 64.2 Å². The van der Waals surface area contributed by atoms with Gasteiger partial charge in [0.05, 0.1) is 12.1 Å². The van der Waals surface area contributed by atoms with Gasteiger partial charge in [-0.05, 0) is 72.1 Å². The molecule has 7 nitrogen and oxygen atoms in total. The van der Waals surface area contributed by atoms with E-state index < -0.39 is 23.6 Å². The Morgan fingerprint density at radius 3 is 2.42 bits per heavy atom. The van der Waals surface area contributed by atoms with Crippen LogP contribution in [0.25, 0.3) is 0 Å². The van der Waals surface area contributed by atoms with Crippen molar-refractivity contribution in [2.45, 2.75) is 51.7 Å². The molecule has 204 valence electrons. The molecular weight excluding hydrogens is 497 g/mol. The molecule has 1 saturated heterocycles. The zero-order valence-electron chi connectivity index (χ0n) is 21.6. The number of rotatable bonds is 6. The number of hydrogen-bond donors (Lipinski definition) is 2. The van der Waals surface area contributed by atoms with Crippen molar-refractivity contribution in [3.8, 4) is 0 Å². The van der Waals surface area contributed by atoms with Crippen molar-refractivity contribution in [1.82, 2.24) is 9.80 Å². The van der Waals surface area contributed by atoms with Crippen molar-refractivity contribution in [2.24, 2.45) is 11.7 Å². The molecule has 2 heterocycles. The van der Waals surface area contributed by atoms with E-state index >= 15 is 0 Å². The minimum atomic E-state index is -4.57. The summed E-state index contributed by atoms with van der Waals surface area (Å²) in [6.07, 6.45) is -2.99. The lowest BCUT2D eigenvalue weighted by molar-refractivity contribution is -0.138. The molecule has 0 aromatic heterocycles. The van der Waals surface area contributed by atoms with Gasteiger partial charge in [0.25, 0.3) is 5.91 Å². The van der Waals surface area contributed by atoms with E-state index in [-0.39, 0.29) is 42.0 Å². The molecular formula is C28H33F3N4O3. The predicted octanol–water partition coefficient (Wildman–Crippen LogP) is 4.16. The van der Waals surface area contributed by atoms with Crippen LogP contribution >= 0.6 is 0 Å². The van der Waals surface area contributed by atoms with Crippen molar-refractivity contribution in [1.29, 1.82) is 0 Å². The molecule has 2 aromatic rings. The van der Waals surface area contributed by atoms with Gasteiger partial charge >= 0.3 is 6.18 Å². The lowest BCUT2D eigenvalue weighted by Crippen LogP contribution is -2.38. The van der Waals surface area contributed by atoms with Gasteiger partial charge in [-0.25, -0.2) is 0 Å². The third-order valence-corrected chi connectivity index (χ3v) is 7.48. The number of carbonyl (C=O) groups excluding carboxylic acids is 3. The second kappa shape index (κ2) is 11.1. The number of alkyl halides is 3. The van der Waals surface area contributed by atoms with Crippen LogP contribution in [-0.4, -0.2) is 53.7 Å². The summed E-state index contributed by atoms with van der Waals surface area (Å²) in [6.45, 7) is 5.87. The fourth-order valence-corrected chi connectivity index (χ4v) is 5.56. The number of anilines is 1. The summed E-state index contributed by atoms with van der Waals surface area (Å²) < 4.78 is 41.9. The van der Waals surface area contributed by atoms with Crippen LogP contribution in [0.5, 0.6) is 0 Å². The molecule has 0 bridgehead atoms. The van der Waals surface area contributed by atoms with Crippen molar-refractivity contribution in [2.75, 3.05) is 31.5 Å². The number of benzene rings is 2. The Bertz CT molecular complexity index is 1220. The second-order valence-corrected chi connectivity index (χ2v) is 10.4. The number of halogens is 3. The molecule has 38 heavy (non-hydrogen) atoms. The molecule has 1 fully saturated rings. The molecule has 10 heteroatoms. The van der Waals surface area contributed by atoms with Gasteiger partial charge in [0.15, 0.2) is 0 Å². The lowest BCUT2D eigenvalue weighted by Gasteiger charge is -2.32. The zero-order valence-corrected chi connectivity index (χ0v) is 21.6. The van der Waals surface area contributed by atoms with Crippen LogP contribution in [0, 0.1) is 5.92 Å². The smallest absolute Gasteiger partial charge is 0.369 e. The number of piperidine rings is 1. The monoisotopic (exact) mass is 530 g/mol. The molecule has 3 N–H and O–H groups in total. The molecule has 0 aliphatic carbocycles. The average molecular weight is 531 g/mol. The number of nitrogens with zero attached hydrogens (tertiary/aromatic N) is 2. The first-order valence-electron chi connectivity index (χ1n) is 12.8. The maximum Gasteiger partial charge on any atom is 0.416 e. The van der Waals surface area contributed by atoms with Crippen LogP contribution in [0.4, 0.5) is 18.9 Å². The molecule has 3 amide bonds. The van der Waals surface area contributed by atoms with Crippen LogP contribution in [0.15, 0.2) is 36.4 Å². The minimum absolute atomic E-state index is 0.0176. The van der Waals surface area contributed by atoms with E-state index in [9.17, 15) is 27.6 Å². The lowest BCUT2D eigenvalue weighted by atomic mass is 9.88. The molecule has 2 aromatic carbocycles. The van der Waals surface area contributed by atoms with E-state index in [0.29, 0.717) is 44.6 Å². The number of hydrogen-bond acceptors (Lipinski definition) is 4. The number of primary amides is 1. The van der Waals surface area contributed by atoms with Gasteiger partial charge in [0.2, 0.25) is 11.8 Å². The summed E-state index contributed by atoms with van der Waals surface area (Å²) in [4.78, 5) is 39.5. The number of amides is 3. The number of fused-ring (bicyclic) bond motifs is 1. The van der Waals surface area contributed by atoms with E-state index in [4.69, 9.17) is 5.73 Å². The summed E-state index contributed by atoms with van der Waals surface area (Å²) in [7, 11) is 0. The maximum absolute atomic E-state index is 14.0. The Kier molecular flexibility index (Phi) is 8.10. The highest BCUT2D eigenvalue weighted by molar-refractivity contribution is 6.04. The van der Waals surface area contributed by atoms with Gasteiger partial charge < -0.3 is 16.0 Å². The quantitative estimate of drug-likeness (QED) is 0.586. The number of nitrogens with two attached hydrogens (primary N) is 1. The summed E-state index contributed by atoms with van der Waals surface area (Å²) >= 11 is 0. The molecule has 0 spiro atoms. The zero-order chi connectivity index (χ0) is 27.6. The van der Waals surface area contributed by atoms with Crippen LogP contribution in [-0.2, 0) is 28.7 Å². The van der Waals surface area contributed by atoms with Crippen LogP contribution in [0.1, 0.15) is 65.2 Å². The first-order chi connectivity index (χ1) is 17.9. The Morgan fingerprint density at radius 1 is 1.08 bits per heavy atom. The topological polar surface area (TPSA) is 95.7 Å². The van der Waals surface area contributed by atoms with Gasteiger partial charge in [-0.3, -0.25) is 19.3 Å². The first kappa shape index (κ1) is 27.6. The van der Waals surface area contributed by atoms with E-state index in [2.05, 4.69) is 5.32 Å². The fourth-order valence-electron chi connectivity index (χ4n) is 5.56. The molecule has 0 radical (unpaired) electrons. The van der Waals surface area contributed by atoms with Crippen molar-refractivity contribution in [3.63, 3.8) is 0 Å². The molecule has 0 saturated carbocycles. The van der Waals surface area contributed by atoms with Gasteiger partial charge in [-0.2, -0.15) is 13.2 Å². The van der Waals surface area contributed by atoms with Gasteiger partial charge in [0.1, 0.15) is 0 Å². The summed E-state index contributed by atoms with van der Waals surface area (Å²) in [5, 5.41) is 2.61. The number of carbonyl (C=O) groups is 3. The van der Waals surface area contributed by atoms with Crippen LogP contribution < -0.4 is 11.1 Å². The standard InChI is InChI=1S/C28H33F3N4O3/c1-17-14-34(16-26(32)37)15-22-12-21(4-6-24(17)22)27(38)33-23-5-3-20(25(13-23)28(29,30)31)11-19-7-9-35(10-8-19)18(2)36/h3-6,12-13,17,19H,7-11,14-16H2,1-2H3,(H2,32,37)(H,33,38)/t17-/m0/s1. The summed E-state index contributed by atoms with van der Waals surface area (Å²) in [5.41, 5.74) is 7.12. The Hall–Kier alpha value is -3.40. The van der Waals surface area contributed by atoms with Crippen LogP contribution in [0.2, 0.25) is 0 Å². The maximum atomic E-state index is 14.0. The Balaban J connectivity index is 1.49. The first-order valence-corrected chi connectivity index (χ1v) is 12.8. The molecule has 2 aliphatic heterocycles. The second-order valence-electron chi connectivity index (χ2n) is 10.4. The molecule has 1 atom stereocenters. The third-order valence-electron chi connectivity index (χ3n) is 7.48. The Morgan fingerprint density at radius 2 is 1.79 bits per heavy atom. The van der Waals surface area contributed by atoms with E-state index in [0.717, 1.165) is 17.2 Å². The third kappa shape index (κ3) is 6.53. The molecule has 2 aliphatic rings. The highest BCUT2D eigenvalue weighted by Crippen LogP contribution is 2.36. The number of nitrogens with one attached hydrogen (secondary N) is 1. The molecule has 4 rings (SSSR count). The average Bonchev–Trinajstić information content (AvgIpc) is 2.84. The largest absolute Gasteiger partial charge is 0.416 e. The van der Waals surface area contributed by atoms with E-state index in [1.807, 2.05) is 17.9 Å². The van der Waals surface area contributed by atoms with Crippen LogP contribution in [0.3, 0.4) is 0 Å². The van der Waals surface area contributed by atoms with Crippen molar-refractivity contribution >= 4 is 23.4 Å². The normalized spacial score (nSPS) is 18.7. The van der Waals surface area contributed by atoms with Gasteiger partial charge in [-0.15, -0.1) is 0 Å². The Labute approximate surface area is 220 Å². The SMILES string of the molecule is CC(=O)N1CCC(Cc2ccc(NC(=O)c3ccc4c(c3)CN(CC(N)=O)C[C@@H]4C)cc2C(F)(F)F)CC1. The van der Waals surface area contributed by atoms with Gasteiger partial charge in [-0.1, -0.05) is 19.1 Å². The minimum Gasteiger partial charge on any atom is -0.369 e. The highest BCUT2D eigenvalue weighted by Gasteiger charge is 2.35. The summed E-state index contributed by atoms with van der Waals surface area (Å²) in [6, 6.07) is 9.18. The highest BCUT2D eigenvalue weighted by atomic mass is 19.4.